The topological polar surface area (TPSA) is 87.7 Å². The number of unbranched alkanes of at least 4 members (excludes halogenated alkanes) is 3. The lowest BCUT2D eigenvalue weighted by Gasteiger charge is -2.19. The highest BCUT2D eigenvalue weighted by Crippen LogP contribution is 2.31. The summed E-state index contributed by atoms with van der Waals surface area (Å²) in [6, 6.07) is 8.61. The Balaban J connectivity index is 2.21. The molecule has 2 atom stereocenters. The number of aliphatic hydroxyl groups is 1. The zero-order valence-corrected chi connectivity index (χ0v) is 22.0. The Morgan fingerprint density at radius 2 is 1.83 bits per heavy atom. The number of halogens is 2. The van der Waals surface area contributed by atoms with Gasteiger partial charge in [-0.1, -0.05) is 60.8 Å². The summed E-state index contributed by atoms with van der Waals surface area (Å²) < 4.78 is 5.90. The second kappa shape index (κ2) is 14.3. The second-order valence-corrected chi connectivity index (χ2v) is 9.94. The normalized spacial score (nSPS) is 13.3. The molecule has 1 aromatic carbocycles. The van der Waals surface area contributed by atoms with Crippen molar-refractivity contribution >= 4 is 58.1 Å². The highest BCUT2D eigenvalue weighted by Gasteiger charge is 2.26. The quantitative estimate of drug-likeness (QED) is 0.105. The Bertz CT molecular complexity index is 1090. The first-order valence-corrected chi connectivity index (χ1v) is 12.6. The number of hydrogen-bond acceptors (Lipinski definition) is 5. The number of Topliss-reactive ketones (excluding diaryl/α,β-unsaturated/α-hetero) is 1. The molecule has 0 saturated heterocycles. The minimum Gasteiger partial charge on any atom is -0.481 e. The van der Waals surface area contributed by atoms with Gasteiger partial charge in [0.1, 0.15) is 17.6 Å². The molecule has 8 heteroatoms. The molecular formula is C27H30Cl2O5S. The van der Waals surface area contributed by atoms with Crippen LogP contribution in [-0.2, 0) is 9.59 Å². The molecule has 0 spiro atoms. The molecule has 0 saturated carbocycles. The van der Waals surface area contributed by atoms with Gasteiger partial charge in [0.25, 0.3) is 0 Å². The third-order valence-electron chi connectivity index (χ3n) is 5.55. The molecule has 2 rings (SSSR count). The van der Waals surface area contributed by atoms with Crippen molar-refractivity contribution in [3.63, 3.8) is 0 Å². The zero-order valence-electron chi connectivity index (χ0n) is 19.6. The van der Waals surface area contributed by atoms with E-state index in [9.17, 15) is 14.7 Å². The molecule has 0 aliphatic carbocycles. The second-order valence-electron chi connectivity index (χ2n) is 8.43. The van der Waals surface area contributed by atoms with Gasteiger partial charge >= 0.3 is 5.97 Å². The van der Waals surface area contributed by atoms with Crippen LogP contribution in [0.1, 0.15) is 57.6 Å². The Morgan fingerprint density at radius 1 is 1.11 bits per heavy atom. The number of aliphatic carboxylic acids is 1. The van der Waals surface area contributed by atoms with Crippen molar-refractivity contribution < 1.29 is 24.2 Å². The lowest BCUT2D eigenvalue weighted by molar-refractivity contribution is -0.137. The largest absolute Gasteiger partial charge is 0.481 e. The predicted molar refractivity (Wildman–Crippen MR) is 145 cm³/mol. The molecule has 2 N–H and O–H groups in total. The summed E-state index contributed by atoms with van der Waals surface area (Å²) in [5.74, 6) is -0.455. The molecule has 1 aromatic heterocycles. The maximum absolute atomic E-state index is 13.5. The number of carbonyl (C=O) groups is 2. The molecule has 0 aliphatic rings. The Labute approximate surface area is 221 Å². The van der Waals surface area contributed by atoms with Gasteiger partial charge < -0.3 is 14.6 Å². The van der Waals surface area contributed by atoms with Crippen LogP contribution < -0.4 is 0 Å². The fourth-order valence-electron chi connectivity index (χ4n) is 3.75. The molecule has 0 radical (unpaired) electrons. The van der Waals surface area contributed by atoms with Gasteiger partial charge in [-0.15, -0.1) is 6.58 Å². The maximum Gasteiger partial charge on any atom is 0.303 e. The lowest BCUT2D eigenvalue weighted by atomic mass is 9.86. The molecule has 1 heterocycles. The molecular weight excluding hydrogens is 507 g/mol. The molecule has 2 unspecified atom stereocenters. The minimum atomic E-state index is -1.16. The lowest BCUT2D eigenvalue weighted by Crippen LogP contribution is -2.25. The van der Waals surface area contributed by atoms with E-state index in [4.69, 9.17) is 44.9 Å². The van der Waals surface area contributed by atoms with Crippen molar-refractivity contribution in [3.05, 3.63) is 64.4 Å². The number of ketones is 1. The van der Waals surface area contributed by atoms with Crippen LogP contribution in [-0.4, -0.2) is 32.9 Å². The van der Waals surface area contributed by atoms with Crippen LogP contribution in [0.25, 0.3) is 17.4 Å². The van der Waals surface area contributed by atoms with Crippen LogP contribution in [0, 0.1) is 5.92 Å². The SMILES string of the molecule is C=CC(O)/C(=C\c1ccc(-c2ccc(Cl)c(Cl)c2)o1)C(=O)C(CCCCCCC(=O)O)CC(C)=S. The number of hydrogen-bond donors (Lipinski definition) is 2. The Hall–Kier alpha value is -2.25. The van der Waals surface area contributed by atoms with Gasteiger partial charge in [0, 0.05) is 23.5 Å². The number of rotatable bonds is 15. The van der Waals surface area contributed by atoms with Crippen LogP contribution in [0.4, 0.5) is 0 Å². The number of benzene rings is 1. The van der Waals surface area contributed by atoms with Crippen LogP contribution in [0.3, 0.4) is 0 Å². The molecule has 0 bridgehead atoms. The van der Waals surface area contributed by atoms with E-state index in [2.05, 4.69) is 6.58 Å². The monoisotopic (exact) mass is 536 g/mol. The first kappa shape index (κ1) is 29.0. The third-order valence-corrected chi connectivity index (χ3v) is 6.46. The number of aliphatic hydroxyl groups excluding tert-OH is 1. The van der Waals surface area contributed by atoms with Gasteiger partial charge in [0.15, 0.2) is 5.78 Å². The summed E-state index contributed by atoms with van der Waals surface area (Å²) >= 11 is 17.4. The summed E-state index contributed by atoms with van der Waals surface area (Å²) in [7, 11) is 0. The van der Waals surface area contributed by atoms with E-state index in [1.165, 1.54) is 12.2 Å². The van der Waals surface area contributed by atoms with Crippen LogP contribution in [0.2, 0.25) is 10.0 Å². The van der Waals surface area contributed by atoms with Crippen molar-refractivity contribution in [2.45, 2.75) is 58.0 Å². The molecule has 0 aliphatic heterocycles. The molecule has 5 nitrogen and oxygen atoms in total. The standard InChI is InChI=1S/C27H30Cl2O5S/c1-3-24(30)21(16-20-11-13-25(34-20)18-10-12-22(28)23(29)15-18)27(33)19(14-17(2)35)8-6-4-5-7-9-26(31)32/h3,10-13,15-16,19,24,30H,1,4-9,14H2,2H3,(H,31,32)/b21-16+. The van der Waals surface area contributed by atoms with Gasteiger partial charge in [0.2, 0.25) is 0 Å². The van der Waals surface area contributed by atoms with E-state index in [0.29, 0.717) is 45.7 Å². The summed E-state index contributed by atoms with van der Waals surface area (Å²) in [5, 5.41) is 20.1. The van der Waals surface area contributed by atoms with Crippen molar-refractivity contribution in [3.8, 4) is 11.3 Å². The van der Waals surface area contributed by atoms with Gasteiger partial charge in [0.05, 0.1) is 10.0 Å². The average molecular weight is 538 g/mol. The van der Waals surface area contributed by atoms with E-state index in [1.807, 2.05) is 0 Å². The molecule has 35 heavy (non-hydrogen) atoms. The van der Waals surface area contributed by atoms with Crippen LogP contribution in [0.5, 0.6) is 0 Å². The van der Waals surface area contributed by atoms with Gasteiger partial charge in [-0.2, -0.15) is 0 Å². The number of carboxylic acid groups (broad SMARTS) is 1. The Kier molecular flexibility index (Phi) is 11.9. The fourth-order valence-corrected chi connectivity index (χ4v) is 4.25. The van der Waals surface area contributed by atoms with Crippen molar-refractivity contribution in [2.24, 2.45) is 5.92 Å². The maximum atomic E-state index is 13.5. The number of carbonyl (C=O) groups excluding carboxylic acids is 1. The van der Waals surface area contributed by atoms with E-state index < -0.39 is 18.0 Å². The van der Waals surface area contributed by atoms with E-state index in [1.54, 1.807) is 37.3 Å². The highest BCUT2D eigenvalue weighted by molar-refractivity contribution is 7.80. The van der Waals surface area contributed by atoms with Crippen LogP contribution >= 0.6 is 35.4 Å². The first-order chi connectivity index (χ1) is 16.6. The minimum absolute atomic E-state index is 0.146. The molecule has 2 aromatic rings. The predicted octanol–water partition coefficient (Wildman–Crippen LogP) is 7.57. The van der Waals surface area contributed by atoms with Gasteiger partial charge in [-0.25, -0.2) is 0 Å². The zero-order chi connectivity index (χ0) is 26.0. The van der Waals surface area contributed by atoms with Gasteiger partial charge in [-0.05, 0) is 67.5 Å². The summed E-state index contributed by atoms with van der Waals surface area (Å²) in [6.07, 6.45) is 5.82. The number of carboxylic acids is 1. The number of thiocarbonyl (C=S) groups is 1. The average Bonchev–Trinajstić information content (AvgIpc) is 3.28. The Morgan fingerprint density at radius 3 is 2.46 bits per heavy atom. The fraction of sp³-hybridized carbons (Fsp3) is 0.370. The smallest absolute Gasteiger partial charge is 0.303 e. The van der Waals surface area contributed by atoms with Crippen molar-refractivity contribution in [2.75, 3.05) is 0 Å². The summed E-state index contributed by atoms with van der Waals surface area (Å²) in [4.78, 5) is 24.8. The van der Waals surface area contributed by atoms with E-state index in [-0.39, 0.29) is 17.8 Å². The molecule has 0 fully saturated rings. The third kappa shape index (κ3) is 9.37. The molecule has 0 amide bonds. The van der Waals surface area contributed by atoms with Crippen molar-refractivity contribution in [1.82, 2.24) is 0 Å². The summed E-state index contributed by atoms with van der Waals surface area (Å²) in [5.41, 5.74) is 0.912. The van der Waals surface area contributed by atoms with E-state index in [0.717, 1.165) is 24.8 Å². The van der Waals surface area contributed by atoms with E-state index >= 15 is 0 Å². The van der Waals surface area contributed by atoms with Crippen LogP contribution in [0.15, 0.2) is 53.0 Å². The molecule has 188 valence electrons. The number of furan rings is 1. The summed E-state index contributed by atoms with van der Waals surface area (Å²) in [6.45, 7) is 5.43. The highest BCUT2D eigenvalue weighted by atomic mass is 35.5. The first-order valence-electron chi connectivity index (χ1n) is 11.4. The van der Waals surface area contributed by atoms with Crippen molar-refractivity contribution in [1.29, 1.82) is 0 Å². The van der Waals surface area contributed by atoms with Gasteiger partial charge in [-0.3, -0.25) is 9.59 Å².